The molecule has 0 saturated carbocycles. The fourth-order valence-corrected chi connectivity index (χ4v) is 3.87. The van der Waals surface area contributed by atoms with Crippen molar-refractivity contribution >= 4 is 22.9 Å². The van der Waals surface area contributed by atoms with Crippen LogP contribution in [0.5, 0.6) is 5.75 Å². The predicted octanol–water partition coefficient (Wildman–Crippen LogP) is 4.73. The molecule has 1 atom stereocenters. The van der Waals surface area contributed by atoms with Gasteiger partial charge < -0.3 is 10.1 Å². The van der Waals surface area contributed by atoms with Crippen molar-refractivity contribution in [2.75, 3.05) is 5.32 Å². The number of amides is 1. The maximum absolute atomic E-state index is 12.4. The fraction of sp³-hybridized carbons (Fsp3) is 0.353. The topological polar surface area (TPSA) is 38.3 Å². The molecule has 1 heterocycles. The lowest BCUT2D eigenvalue weighted by molar-refractivity contribution is -0.0493. The molecule has 2 aromatic rings. The van der Waals surface area contributed by atoms with Crippen LogP contribution in [-0.4, -0.2) is 12.5 Å². The molecule has 1 aromatic carbocycles. The van der Waals surface area contributed by atoms with E-state index < -0.39 is 6.61 Å². The number of benzene rings is 1. The molecule has 0 spiro atoms. The van der Waals surface area contributed by atoms with Crippen LogP contribution in [0.4, 0.5) is 14.5 Å². The van der Waals surface area contributed by atoms with Crippen LogP contribution in [0.3, 0.4) is 0 Å². The number of nitrogens with one attached hydrogen (secondary N) is 1. The zero-order valence-corrected chi connectivity index (χ0v) is 13.5. The van der Waals surface area contributed by atoms with Crippen LogP contribution in [0, 0.1) is 5.92 Å². The molecule has 1 aromatic heterocycles. The Morgan fingerprint density at radius 3 is 2.96 bits per heavy atom. The van der Waals surface area contributed by atoms with Crippen LogP contribution in [0.1, 0.15) is 33.5 Å². The lowest BCUT2D eigenvalue weighted by Gasteiger charge is -2.16. The highest BCUT2D eigenvalue weighted by atomic mass is 32.1. The number of para-hydroxylation sites is 2. The number of aryl methyl sites for hydroxylation is 1. The van der Waals surface area contributed by atoms with E-state index in [-0.39, 0.29) is 17.3 Å². The van der Waals surface area contributed by atoms with E-state index in [4.69, 9.17) is 0 Å². The normalized spacial score (nSPS) is 17.0. The van der Waals surface area contributed by atoms with Crippen molar-refractivity contribution in [3.8, 4) is 5.75 Å². The van der Waals surface area contributed by atoms with Gasteiger partial charge in [0.05, 0.1) is 10.6 Å². The van der Waals surface area contributed by atoms with Gasteiger partial charge >= 0.3 is 6.61 Å². The third kappa shape index (κ3) is 3.69. The van der Waals surface area contributed by atoms with Crippen LogP contribution in [-0.2, 0) is 12.8 Å². The summed E-state index contributed by atoms with van der Waals surface area (Å²) in [7, 11) is 0. The zero-order chi connectivity index (χ0) is 16.4. The third-order valence-corrected chi connectivity index (χ3v) is 5.14. The Labute approximate surface area is 137 Å². The van der Waals surface area contributed by atoms with Crippen molar-refractivity contribution in [3.05, 3.63) is 45.6 Å². The minimum absolute atomic E-state index is 0.0363. The Morgan fingerprint density at radius 2 is 2.17 bits per heavy atom. The molecule has 1 unspecified atom stereocenters. The molecule has 3 nitrogen and oxygen atoms in total. The number of thiophene rings is 1. The van der Waals surface area contributed by atoms with Crippen molar-refractivity contribution in [2.24, 2.45) is 5.92 Å². The first-order valence-corrected chi connectivity index (χ1v) is 8.31. The highest BCUT2D eigenvalue weighted by molar-refractivity contribution is 7.14. The number of carbonyl (C=O) groups is 1. The number of carbonyl (C=O) groups excluding carboxylic acids is 1. The van der Waals surface area contributed by atoms with Gasteiger partial charge in [0.1, 0.15) is 5.75 Å². The summed E-state index contributed by atoms with van der Waals surface area (Å²) in [5, 5.41) is 2.67. The molecule has 1 amide bonds. The summed E-state index contributed by atoms with van der Waals surface area (Å²) in [6, 6.07) is 8.11. The van der Waals surface area contributed by atoms with E-state index in [1.807, 2.05) is 6.07 Å². The third-order valence-electron chi connectivity index (χ3n) is 3.90. The predicted molar refractivity (Wildman–Crippen MR) is 86.5 cm³/mol. The van der Waals surface area contributed by atoms with Crippen LogP contribution >= 0.6 is 11.3 Å². The Bertz CT molecular complexity index is 714. The lowest BCUT2D eigenvalue weighted by Crippen LogP contribution is -2.12. The maximum Gasteiger partial charge on any atom is 0.387 e. The maximum atomic E-state index is 12.4. The fourth-order valence-electron chi connectivity index (χ4n) is 2.77. The smallest absolute Gasteiger partial charge is 0.387 e. The first-order chi connectivity index (χ1) is 11.0. The van der Waals surface area contributed by atoms with Gasteiger partial charge in [0, 0.05) is 4.88 Å². The lowest BCUT2D eigenvalue weighted by atomic mass is 9.90. The minimum atomic E-state index is -2.93. The first-order valence-electron chi connectivity index (χ1n) is 7.49. The SMILES string of the molecule is CC1CCc2sc(C(=O)Nc3ccccc3OC(F)F)cc2C1. The van der Waals surface area contributed by atoms with Crippen molar-refractivity contribution in [2.45, 2.75) is 32.8 Å². The van der Waals surface area contributed by atoms with Gasteiger partial charge in [-0.3, -0.25) is 4.79 Å². The summed E-state index contributed by atoms with van der Waals surface area (Å²) in [4.78, 5) is 14.3. The summed E-state index contributed by atoms with van der Waals surface area (Å²) in [5.74, 6) is 0.307. The Hall–Kier alpha value is -1.95. The van der Waals surface area contributed by atoms with Crippen molar-refractivity contribution in [3.63, 3.8) is 0 Å². The van der Waals surface area contributed by atoms with Gasteiger partial charge in [-0.05, 0) is 48.9 Å². The molecule has 0 fully saturated rings. The van der Waals surface area contributed by atoms with Crippen LogP contribution < -0.4 is 10.1 Å². The molecule has 23 heavy (non-hydrogen) atoms. The van der Waals surface area contributed by atoms with Crippen LogP contribution in [0.2, 0.25) is 0 Å². The largest absolute Gasteiger partial charge is 0.433 e. The summed E-state index contributed by atoms with van der Waals surface area (Å²) in [5.41, 5.74) is 1.48. The van der Waals surface area contributed by atoms with Crippen LogP contribution in [0.25, 0.3) is 0 Å². The molecule has 0 aliphatic heterocycles. The Kier molecular flexibility index (Phi) is 4.61. The average Bonchev–Trinajstić information content (AvgIpc) is 2.92. The number of rotatable bonds is 4. The Morgan fingerprint density at radius 1 is 1.39 bits per heavy atom. The number of halogens is 2. The van der Waals surface area contributed by atoms with Crippen molar-refractivity contribution < 1.29 is 18.3 Å². The van der Waals surface area contributed by atoms with Gasteiger partial charge in [0.15, 0.2) is 0 Å². The zero-order valence-electron chi connectivity index (χ0n) is 12.6. The minimum Gasteiger partial charge on any atom is -0.433 e. The summed E-state index contributed by atoms with van der Waals surface area (Å²) >= 11 is 1.48. The van der Waals surface area contributed by atoms with Crippen molar-refractivity contribution in [1.29, 1.82) is 0 Å². The van der Waals surface area contributed by atoms with Gasteiger partial charge in [0.2, 0.25) is 0 Å². The molecule has 122 valence electrons. The molecule has 1 N–H and O–H groups in total. The second kappa shape index (κ2) is 6.66. The Balaban J connectivity index is 1.78. The molecular formula is C17H17F2NO2S. The summed E-state index contributed by atoms with van der Waals surface area (Å²) in [6.07, 6.45) is 3.13. The molecule has 1 aliphatic carbocycles. The second-order valence-corrected chi connectivity index (χ2v) is 6.87. The molecule has 0 saturated heterocycles. The van der Waals surface area contributed by atoms with Gasteiger partial charge in [-0.25, -0.2) is 0 Å². The summed E-state index contributed by atoms with van der Waals surface area (Å²) < 4.78 is 29.3. The van der Waals surface area contributed by atoms with E-state index >= 15 is 0 Å². The van der Waals surface area contributed by atoms with E-state index in [1.54, 1.807) is 18.2 Å². The molecular weight excluding hydrogens is 320 g/mol. The molecule has 0 radical (unpaired) electrons. The van der Waals surface area contributed by atoms with Crippen molar-refractivity contribution in [1.82, 2.24) is 0 Å². The monoisotopic (exact) mass is 337 g/mol. The van der Waals surface area contributed by atoms with Gasteiger partial charge in [0.25, 0.3) is 5.91 Å². The average molecular weight is 337 g/mol. The number of anilines is 1. The number of hydrogen-bond donors (Lipinski definition) is 1. The number of ether oxygens (including phenoxy) is 1. The van der Waals surface area contributed by atoms with Gasteiger partial charge in [-0.1, -0.05) is 19.1 Å². The first kappa shape index (κ1) is 15.9. The van der Waals surface area contributed by atoms with E-state index in [9.17, 15) is 13.6 Å². The highest BCUT2D eigenvalue weighted by Crippen LogP contribution is 2.33. The molecule has 1 aliphatic rings. The van der Waals surface area contributed by atoms with E-state index in [0.717, 1.165) is 19.3 Å². The number of hydrogen-bond acceptors (Lipinski definition) is 3. The van der Waals surface area contributed by atoms with E-state index in [1.165, 1.54) is 27.8 Å². The van der Waals surface area contributed by atoms with E-state index in [2.05, 4.69) is 17.0 Å². The number of alkyl halides is 2. The van der Waals surface area contributed by atoms with E-state index in [0.29, 0.717) is 10.8 Å². The molecule has 3 rings (SSSR count). The second-order valence-electron chi connectivity index (χ2n) is 5.74. The highest BCUT2D eigenvalue weighted by Gasteiger charge is 2.21. The molecule has 6 heteroatoms. The molecule has 0 bridgehead atoms. The number of fused-ring (bicyclic) bond motifs is 1. The quantitative estimate of drug-likeness (QED) is 0.876. The van der Waals surface area contributed by atoms with Gasteiger partial charge in [-0.15, -0.1) is 11.3 Å². The van der Waals surface area contributed by atoms with Gasteiger partial charge in [-0.2, -0.15) is 8.78 Å². The summed E-state index contributed by atoms with van der Waals surface area (Å²) in [6.45, 7) is -0.721. The van der Waals surface area contributed by atoms with Crippen LogP contribution in [0.15, 0.2) is 30.3 Å². The standard InChI is InChI=1S/C17H17F2NO2S/c1-10-6-7-14-11(8-10)9-15(23-14)16(21)20-12-4-2-3-5-13(12)22-17(18)19/h2-5,9-10,17H,6-8H2,1H3,(H,20,21).